The van der Waals surface area contributed by atoms with Crippen LogP contribution in [0.4, 0.5) is 0 Å². The van der Waals surface area contributed by atoms with Crippen molar-refractivity contribution in [3.8, 4) is 0 Å². The maximum atomic E-state index is 6.33. The van der Waals surface area contributed by atoms with Crippen molar-refractivity contribution in [3.63, 3.8) is 0 Å². The lowest BCUT2D eigenvalue weighted by Gasteiger charge is -2.34. The van der Waals surface area contributed by atoms with E-state index in [1.54, 1.807) is 0 Å². The Hall–Kier alpha value is -2.37. The van der Waals surface area contributed by atoms with Gasteiger partial charge in [-0.1, -0.05) is 91.0 Å². The van der Waals surface area contributed by atoms with E-state index in [4.69, 9.17) is 14.0 Å². The van der Waals surface area contributed by atoms with Gasteiger partial charge in [0.15, 0.2) is 0 Å². The molecular formula is C22H23B2NO3. The molecule has 1 aliphatic rings. The van der Waals surface area contributed by atoms with E-state index in [-0.39, 0.29) is 6.10 Å². The zero-order valence-corrected chi connectivity index (χ0v) is 16.0. The van der Waals surface area contributed by atoms with E-state index in [2.05, 4.69) is 12.1 Å². The first-order chi connectivity index (χ1) is 13.8. The van der Waals surface area contributed by atoms with Crippen LogP contribution in [0.3, 0.4) is 0 Å². The van der Waals surface area contributed by atoms with Crippen LogP contribution in [0, 0.1) is 0 Å². The first-order valence-electron chi connectivity index (χ1n) is 9.64. The van der Waals surface area contributed by atoms with Gasteiger partial charge in [0.25, 0.3) is 0 Å². The van der Waals surface area contributed by atoms with E-state index in [9.17, 15) is 0 Å². The molecule has 1 saturated heterocycles. The van der Waals surface area contributed by atoms with Gasteiger partial charge < -0.3 is 14.0 Å². The molecule has 0 spiro atoms. The summed E-state index contributed by atoms with van der Waals surface area (Å²) in [5.41, 5.74) is 3.12. The fraction of sp³-hybridized carbons (Fsp3) is 0.182. The molecule has 4 rings (SSSR count). The van der Waals surface area contributed by atoms with Crippen molar-refractivity contribution in [2.75, 3.05) is 6.54 Å². The van der Waals surface area contributed by atoms with Crippen molar-refractivity contribution in [1.82, 2.24) is 5.06 Å². The summed E-state index contributed by atoms with van der Waals surface area (Å²) in [4.78, 5) is 0. The molecule has 3 aromatic rings. The molecule has 0 saturated carbocycles. The second kappa shape index (κ2) is 9.22. The summed E-state index contributed by atoms with van der Waals surface area (Å²) in [7, 11) is -1.04. The van der Waals surface area contributed by atoms with Crippen LogP contribution in [0.5, 0.6) is 0 Å². The molecule has 0 N–H and O–H groups in total. The second-order valence-electron chi connectivity index (χ2n) is 6.98. The maximum absolute atomic E-state index is 6.33. The summed E-state index contributed by atoms with van der Waals surface area (Å²) >= 11 is 0. The predicted octanol–water partition coefficient (Wildman–Crippen LogP) is 2.65. The number of hydroxylamine groups is 2. The highest BCUT2D eigenvalue weighted by Crippen LogP contribution is 2.13. The van der Waals surface area contributed by atoms with Gasteiger partial charge in [-0.05, 0) is 23.4 Å². The van der Waals surface area contributed by atoms with E-state index in [1.807, 2.05) is 90.8 Å². The molecule has 0 radical (unpaired) electrons. The smallest absolute Gasteiger partial charge is 0.442 e. The zero-order chi connectivity index (χ0) is 19.2. The fourth-order valence-electron chi connectivity index (χ4n) is 3.29. The lowest BCUT2D eigenvalue weighted by molar-refractivity contribution is -0.109. The highest BCUT2D eigenvalue weighted by molar-refractivity contribution is 6.74. The van der Waals surface area contributed by atoms with Crippen LogP contribution in [-0.2, 0) is 20.5 Å². The van der Waals surface area contributed by atoms with Crippen LogP contribution in [0.15, 0.2) is 91.0 Å². The molecule has 28 heavy (non-hydrogen) atoms. The van der Waals surface area contributed by atoms with Crippen LogP contribution < -0.4 is 10.9 Å². The lowest BCUT2D eigenvalue weighted by atomic mass is 9.70. The van der Waals surface area contributed by atoms with Crippen molar-refractivity contribution in [1.29, 1.82) is 0 Å². The molecule has 1 unspecified atom stereocenters. The Bertz CT molecular complexity index is 851. The Morgan fingerprint density at radius 1 is 0.786 bits per heavy atom. The van der Waals surface area contributed by atoms with Crippen LogP contribution in [-0.4, -0.2) is 31.9 Å². The van der Waals surface area contributed by atoms with Gasteiger partial charge >= 0.3 is 14.2 Å². The summed E-state index contributed by atoms with van der Waals surface area (Å²) in [6.45, 7) is 3.35. The monoisotopic (exact) mass is 371 g/mol. The first kappa shape index (κ1) is 19.0. The topological polar surface area (TPSA) is 30.9 Å². The molecule has 1 heterocycles. The third-order valence-corrected chi connectivity index (χ3v) is 4.65. The molecule has 0 amide bonds. The SMILES string of the molecule is CC1CN(Cc2ccccc2)OB(c2ccccc2)OB(c2ccccc2)O1. The molecule has 1 atom stereocenters. The van der Waals surface area contributed by atoms with Crippen molar-refractivity contribution < 1.29 is 14.0 Å². The Kier molecular flexibility index (Phi) is 6.24. The van der Waals surface area contributed by atoms with Gasteiger partial charge in [0, 0.05) is 13.1 Å². The number of nitrogens with zero attached hydrogens (tertiary/aromatic N) is 1. The molecular weight excluding hydrogens is 348 g/mol. The number of hydrogen-bond acceptors (Lipinski definition) is 4. The van der Waals surface area contributed by atoms with Gasteiger partial charge in [0.05, 0.1) is 6.10 Å². The molecule has 1 aliphatic heterocycles. The molecule has 3 aromatic carbocycles. The minimum Gasteiger partial charge on any atom is -0.442 e. The average Bonchev–Trinajstić information content (AvgIpc) is 2.73. The molecule has 140 valence electrons. The summed E-state index contributed by atoms with van der Waals surface area (Å²) in [6.07, 6.45) is -0.0503. The van der Waals surface area contributed by atoms with Gasteiger partial charge in [0.1, 0.15) is 0 Å². The Balaban J connectivity index is 1.59. The fourth-order valence-corrected chi connectivity index (χ4v) is 3.29. The van der Waals surface area contributed by atoms with E-state index in [1.165, 1.54) is 5.56 Å². The summed E-state index contributed by atoms with van der Waals surface area (Å²) in [6, 6.07) is 30.3. The maximum Gasteiger partial charge on any atom is 0.498 e. The Morgan fingerprint density at radius 2 is 1.32 bits per heavy atom. The van der Waals surface area contributed by atoms with E-state index in [0.717, 1.165) is 10.9 Å². The largest absolute Gasteiger partial charge is 0.498 e. The Labute approximate surface area is 167 Å². The van der Waals surface area contributed by atoms with E-state index >= 15 is 0 Å². The highest BCUT2D eigenvalue weighted by atomic mass is 16.7. The molecule has 4 nitrogen and oxygen atoms in total. The molecule has 0 aliphatic carbocycles. The zero-order valence-electron chi connectivity index (χ0n) is 16.0. The number of rotatable bonds is 4. The quantitative estimate of drug-likeness (QED) is 0.660. The normalized spacial score (nSPS) is 18.5. The van der Waals surface area contributed by atoms with Crippen molar-refractivity contribution in [2.24, 2.45) is 0 Å². The third kappa shape index (κ3) is 4.91. The van der Waals surface area contributed by atoms with Crippen LogP contribution in [0.1, 0.15) is 12.5 Å². The second-order valence-corrected chi connectivity index (χ2v) is 6.98. The minimum atomic E-state index is -0.553. The van der Waals surface area contributed by atoms with Crippen molar-refractivity contribution >= 4 is 25.2 Å². The van der Waals surface area contributed by atoms with E-state index in [0.29, 0.717) is 13.1 Å². The lowest BCUT2D eigenvalue weighted by Crippen LogP contribution is -2.55. The summed E-state index contributed by atoms with van der Waals surface area (Å²) in [5, 5.41) is 1.93. The average molecular weight is 371 g/mol. The van der Waals surface area contributed by atoms with Crippen LogP contribution in [0.25, 0.3) is 0 Å². The van der Waals surface area contributed by atoms with Gasteiger partial charge in [-0.2, -0.15) is 5.06 Å². The van der Waals surface area contributed by atoms with Gasteiger partial charge in [-0.25, -0.2) is 0 Å². The van der Waals surface area contributed by atoms with Gasteiger partial charge in [-0.15, -0.1) is 0 Å². The molecule has 6 heteroatoms. The first-order valence-corrected chi connectivity index (χ1v) is 9.64. The molecule has 1 fully saturated rings. The molecule has 0 aromatic heterocycles. The number of hydrogen-bond donors (Lipinski definition) is 0. The minimum absolute atomic E-state index is 0.0503. The number of benzene rings is 3. The predicted molar refractivity (Wildman–Crippen MR) is 113 cm³/mol. The van der Waals surface area contributed by atoms with Gasteiger partial charge in [-0.3, -0.25) is 0 Å². The van der Waals surface area contributed by atoms with Crippen molar-refractivity contribution in [3.05, 3.63) is 96.6 Å². The van der Waals surface area contributed by atoms with E-state index < -0.39 is 14.2 Å². The highest BCUT2D eigenvalue weighted by Gasteiger charge is 2.36. The Morgan fingerprint density at radius 3 is 1.93 bits per heavy atom. The summed E-state index contributed by atoms with van der Waals surface area (Å²) in [5.74, 6) is 0. The third-order valence-electron chi connectivity index (χ3n) is 4.65. The van der Waals surface area contributed by atoms with Crippen LogP contribution >= 0.6 is 0 Å². The van der Waals surface area contributed by atoms with Crippen molar-refractivity contribution in [2.45, 2.75) is 19.6 Å². The molecule has 0 bridgehead atoms. The van der Waals surface area contributed by atoms with Crippen LogP contribution in [0.2, 0.25) is 0 Å². The summed E-state index contributed by atoms with van der Waals surface area (Å²) < 4.78 is 18.9. The van der Waals surface area contributed by atoms with Gasteiger partial charge in [0.2, 0.25) is 0 Å². The standard InChI is InChI=1S/C22H23B2NO3/c1-19-17-25(18-20-11-5-2-6-12-20)28-24(22-15-9-4-10-16-22)27-23(26-19)21-13-7-3-8-14-21/h2-16,19H,17-18H2,1H3.